The van der Waals surface area contributed by atoms with Crippen LogP contribution in [-0.4, -0.2) is 13.0 Å². The van der Waals surface area contributed by atoms with Crippen LogP contribution in [0.4, 0.5) is 5.69 Å². The van der Waals surface area contributed by atoms with Gasteiger partial charge in [0.15, 0.2) is 0 Å². The number of benzene rings is 2. The topological polar surface area (TPSA) is 38.3 Å². The monoisotopic (exact) mass is 331 g/mol. The Kier molecular flexibility index (Phi) is 6.05. The Balaban J connectivity index is 2.21. The molecule has 0 bridgehead atoms. The highest BCUT2D eigenvalue weighted by molar-refractivity contribution is 6.32. The van der Waals surface area contributed by atoms with Crippen molar-refractivity contribution >= 4 is 23.2 Å². The fraction of sp³-hybridized carbons (Fsp3) is 0.316. The number of halogens is 1. The van der Waals surface area contributed by atoms with E-state index in [1.165, 1.54) is 0 Å². The third-order valence-electron chi connectivity index (χ3n) is 3.84. The summed E-state index contributed by atoms with van der Waals surface area (Å²) in [7, 11) is 1.62. The lowest BCUT2D eigenvalue weighted by Crippen LogP contribution is -2.17. The lowest BCUT2D eigenvalue weighted by atomic mass is 10.0. The van der Waals surface area contributed by atoms with Crippen LogP contribution in [-0.2, 0) is 24.1 Å². The van der Waals surface area contributed by atoms with E-state index in [9.17, 15) is 4.79 Å². The predicted octanol–water partition coefficient (Wildman–Crippen LogP) is 4.65. The van der Waals surface area contributed by atoms with E-state index >= 15 is 0 Å². The van der Waals surface area contributed by atoms with Crippen LogP contribution in [0.25, 0.3) is 0 Å². The number of aryl methyl sites for hydroxylation is 1. The molecule has 0 fully saturated rings. The van der Waals surface area contributed by atoms with E-state index in [1.807, 2.05) is 43.3 Å². The molecule has 1 N–H and O–H groups in total. The highest BCUT2D eigenvalue weighted by Gasteiger charge is 2.13. The van der Waals surface area contributed by atoms with Gasteiger partial charge < -0.3 is 10.1 Å². The molecule has 122 valence electrons. The third-order valence-corrected chi connectivity index (χ3v) is 4.19. The minimum Gasteiger partial charge on any atom is -0.497 e. The number of ether oxygens (including phenoxy) is 1. The van der Waals surface area contributed by atoms with E-state index in [-0.39, 0.29) is 5.91 Å². The van der Waals surface area contributed by atoms with E-state index < -0.39 is 0 Å². The van der Waals surface area contributed by atoms with Gasteiger partial charge in [-0.05, 0) is 47.7 Å². The van der Waals surface area contributed by atoms with Gasteiger partial charge in [0.25, 0.3) is 0 Å². The molecule has 2 aromatic carbocycles. The van der Waals surface area contributed by atoms with Crippen molar-refractivity contribution in [3.05, 3.63) is 58.1 Å². The molecule has 0 heterocycles. The lowest BCUT2D eigenvalue weighted by Gasteiger charge is -2.16. The van der Waals surface area contributed by atoms with Gasteiger partial charge in [0, 0.05) is 10.7 Å². The zero-order valence-electron chi connectivity index (χ0n) is 13.8. The minimum absolute atomic E-state index is 0.0510. The van der Waals surface area contributed by atoms with Crippen LogP contribution in [0.2, 0.25) is 5.02 Å². The minimum atomic E-state index is -0.0510. The van der Waals surface area contributed by atoms with E-state index in [2.05, 4.69) is 12.2 Å². The van der Waals surface area contributed by atoms with Gasteiger partial charge in [-0.3, -0.25) is 4.79 Å². The Morgan fingerprint density at radius 2 is 1.96 bits per heavy atom. The number of amides is 1. The van der Waals surface area contributed by atoms with Crippen molar-refractivity contribution in [2.45, 2.75) is 33.1 Å². The molecular formula is C19H22ClNO2. The van der Waals surface area contributed by atoms with E-state index in [0.717, 1.165) is 41.0 Å². The number of nitrogens with one attached hydrogen (secondary N) is 1. The SMILES string of the molecule is CCc1ccc(Cl)c(CC)c1NC(=O)Cc1cccc(OC)c1. The molecule has 0 saturated carbocycles. The van der Waals surface area contributed by atoms with Gasteiger partial charge in [0.2, 0.25) is 5.91 Å². The highest BCUT2D eigenvalue weighted by atomic mass is 35.5. The largest absolute Gasteiger partial charge is 0.497 e. The van der Waals surface area contributed by atoms with Crippen molar-refractivity contribution in [2.75, 3.05) is 12.4 Å². The molecule has 0 aromatic heterocycles. The smallest absolute Gasteiger partial charge is 0.228 e. The second-order valence-corrected chi connectivity index (χ2v) is 5.75. The summed E-state index contributed by atoms with van der Waals surface area (Å²) in [6, 6.07) is 11.4. The first-order valence-corrected chi connectivity index (χ1v) is 8.19. The first kappa shape index (κ1) is 17.4. The van der Waals surface area contributed by atoms with Crippen molar-refractivity contribution in [2.24, 2.45) is 0 Å². The van der Waals surface area contributed by atoms with Crippen LogP contribution in [0.15, 0.2) is 36.4 Å². The summed E-state index contributed by atoms with van der Waals surface area (Å²) in [5, 5.41) is 3.74. The molecule has 1 amide bonds. The second-order valence-electron chi connectivity index (χ2n) is 5.34. The van der Waals surface area contributed by atoms with Gasteiger partial charge in [0.05, 0.1) is 13.5 Å². The molecule has 0 spiro atoms. The zero-order chi connectivity index (χ0) is 16.8. The number of carbonyl (C=O) groups excluding carboxylic acids is 1. The molecular weight excluding hydrogens is 310 g/mol. The summed E-state index contributed by atoms with van der Waals surface area (Å²) in [5.74, 6) is 0.700. The number of carbonyl (C=O) groups is 1. The summed E-state index contributed by atoms with van der Waals surface area (Å²) in [4.78, 5) is 12.4. The number of methoxy groups -OCH3 is 1. The highest BCUT2D eigenvalue weighted by Crippen LogP contribution is 2.29. The molecule has 0 atom stereocenters. The number of hydrogen-bond acceptors (Lipinski definition) is 2. The molecule has 2 aromatic rings. The number of anilines is 1. The average molecular weight is 332 g/mol. The quantitative estimate of drug-likeness (QED) is 0.836. The number of rotatable bonds is 6. The first-order valence-electron chi connectivity index (χ1n) is 7.82. The summed E-state index contributed by atoms with van der Waals surface area (Å²) < 4.78 is 5.19. The molecule has 0 saturated heterocycles. The molecule has 0 aliphatic rings. The Labute approximate surface area is 142 Å². The third kappa shape index (κ3) is 4.26. The van der Waals surface area contributed by atoms with Crippen LogP contribution in [0, 0.1) is 0 Å². The first-order chi connectivity index (χ1) is 11.1. The molecule has 0 radical (unpaired) electrons. The van der Waals surface area contributed by atoms with Crippen molar-refractivity contribution in [1.82, 2.24) is 0 Å². The molecule has 4 heteroatoms. The van der Waals surface area contributed by atoms with Crippen LogP contribution in [0.1, 0.15) is 30.5 Å². The Hall–Kier alpha value is -2.00. The average Bonchev–Trinajstić information content (AvgIpc) is 2.55. The second kappa shape index (κ2) is 8.02. The van der Waals surface area contributed by atoms with Gasteiger partial charge in [-0.2, -0.15) is 0 Å². The van der Waals surface area contributed by atoms with E-state index in [4.69, 9.17) is 16.3 Å². The van der Waals surface area contributed by atoms with Crippen molar-refractivity contribution in [3.63, 3.8) is 0 Å². The predicted molar refractivity (Wildman–Crippen MR) is 95.5 cm³/mol. The Bertz CT molecular complexity index is 698. The maximum Gasteiger partial charge on any atom is 0.228 e. The van der Waals surface area contributed by atoms with Crippen molar-refractivity contribution < 1.29 is 9.53 Å². The van der Waals surface area contributed by atoms with Crippen LogP contribution in [0.3, 0.4) is 0 Å². The van der Waals surface area contributed by atoms with Gasteiger partial charge in [-0.15, -0.1) is 0 Å². The van der Waals surface area contributed by atoms with Gasteiger partial charge in [-0.1, -0.05) is 43.6 Å². The zero-order valence-corrected chi connectivity index (χ0v) is 14.5. The lowest BCUT2D eigenvalue weighted by molar-refractivity contribution is -0.115. The van der Waals surface area contributed by atoms with Crippen LogP contribution < -0.4 is 10.1 Å². The molecule has 0 aliphatic carbocycles. The Morgan fingerprint density at radius 3 is 2.61 bits per heavy atom. The summed E-state index contributed by atoms with van der Waals surface area (Å²) in [6.45, 7) is 4.11. The van der Waals surface area contributed by atoms with Crippen molar-refractivity contribution in [1.29, 1.82) is 0 Å². The molecule has 2 rings (SSSR count). The summed E-state index contributed by atoms with van der Waals surface area (Å²) >= 11 is 6.27. The molecule has 3 nitrogen and oxygen atoms in total. The van der Waals surface area contributed by atoms with Crippen LogP contribution >= 0.6 is 11.6 Å². The summed E-state index contributed by atoms with van der Waals surface area (Å²) in [5.41, 5.74) is 3.87. The molecule has 0 unspecified atom stereocenters. The van der Waals surface area contributed by atoms with E-state index in [0.29, 0.717) is 11.4 Å². The molecule has 0 aliphatic heterocycles. The molecule has 23 heavy (non-hydrogen) atoms. The van der Waals surface area contributed by atoms with Gasteiger partial charge in [-0.25, -0.2) is 0 Å². The summed E-state index contributed by atoms with van der Waals surface area (Å²) in [6.07, 6.45) is 1.93. The van der Waals surface area contributed by atoms with Crippen molar-refractivity contribution in [3.8, 4) is 5.75 Å². The normalized spacial score (nSPS) is 10.4. The fourth-order valence-electron chi connectivity index (χ4n) is 2.62. The standard InChI is InChI=1S/C19H22ClNO2/c1-4-14-9-10-17(20)16(5-2)19(14)21-18(22)12-13-7-6-8-15(11-13)23-3/h6-11H,4-5,12H2,1-3H3,(H,21,22). The fourth-order valence-corrected chi connectivity index (χ4v) is 2.91. The van der Waals surface area contributed by atoms with Gasteiger partial charge >= 0.3 is 0 Å². The number of hydrogen-bond donors (Lipinski definition) is 1. The Morgan fingerprint density at radius 1 is 1.17 bits per heavy atom. The van der Waals surface area contributed by atoms with Crippen LogP contribution in [0.5, 0.6) is 5.75 Å². The maximum atomic E-state index is 12.4. The maximum absolute atomic E-state index is 12.4. The van der Waals surface area contributed by atoms with E-state index in [1.54, 1.807) is 7.11 Å². The van der Waals surface area contributed by atoms with Gasteiger partial charge in [0.1, 0.15) is 5.75 Å².